The van der Waals surface area contributed by atoms with Crippen molar-refractivity contribution in [3.05, 3.63) is 58.1 Å². The third-order valence-corrected chi connectivity index (χ3v) is 6.23. The van der Waals surface area contributed by atoms with Crippen LogP contribution in [0.15, 0.2) is 45.8 Å². The second-order valence-electron chi connectivity index (χ2n) is 10.1. The standard InChI is InChI=1S/C25H25F3N6O4/c1-24(2,3)37-23(36)33-10-8-14(9-11-33)18-12-19(35)30-21-17(13-29-34(18)21)20-31-22(38-32-20)15-4-6-16(7-5-15)25(26,27)28/h4-7,12-14H,8-11H2,1-3H3,(H,30,35). The van der Waals surface area contributed by atoms with Crippen LogP contribution in [-0.4, -0.2) is 54.4 Å². The molecule has 13 heteroatoms. The summed E-state index contributed by atoms with van der Waals surface area (Å²) < 4.78 is 50.9. The van der Waals surface area contributed by atoms with E-state index in [4.69, 9.17) is 9.26 Å². The van der Waals surface area contributed by atoms with E-state index in [0.29, 0.717) is 48.4 Å². The normalized spacial score (nSPS) is 15.3. The van der Waals surface area contributed by atoms with E-state index in [9.17, 15) is 22.8 Å². The zero-order valence-corrected chi connectivity index (χ0v) is 20.9. The lowest BCUT2D eigenvalue weighted by Gasteiger charge is -2.33. The SMILES string of the molecule is CC(C)(C)OC(=O)N1CCC(c2cc(=O)[nH]c3c(-c4noc(-c5ccc(C(F)(F)F)cc5)n4)cnn23)CC1. The number of nitrogens with one attached hydrogen (secondary N) is 1. The Labute approximate surface area is 214 Å². The van der Waals surface area contributed by atoms with Gasteiger partial charge in [0.15, 0.2) is 0 Å². The van der Waals surface area contributed by atoms with Gasteiger partial charge in [0.1, 0.15) is 11.2 Å². The van der Waals surface area contributed by atoms with E-state index < -0.39 is 17.3 Å². The van der Waals surface area contributed by atoms with Gasteiger partial charge in [0.2, 0.25) is 5.82 Å². The van der Waals surface area contributed by atoms with Crippen LogP contribution in [0.2, 0.25) is 0 Å². The first-order chi connectivity index (χ1) is 17.9. The van der Waals surface area contributed by atoms with Crippen LogP contribution in [-0.2, 0) is 10.9 Å². The van der Waals surface area contributed by atoms with E-state index >= 15 is 0 Å². The van der Waals surface area contributed by atoms with Gasteiger partial charge >= 0.3 is 12.3 Å². The minimum atomic E-state index is -4.45. The number of fused-ring (bicyclic) bond motifs is 1. The number of nitrogens with zero attached hydrogens (tertiary/aromatic N) is 5. The number of carbonyl (C=O) groups excluding carboxylic acids is 1. The number of alkyl halides is 3. The summed E-state index contributed by atoms with van der Waals surface area (Å²) in [4.78, 5) is 33.7. The molecular formula is C25H25F3N6O4. The highest BCUT2D eigenvalue weighted by Crippen LogP contribution is 2.32. The lowest BCUT2D eigenvalue weighted by molar-refractivity contribution is -0.137. The first-order valence-corrected chi connectivity index (χ1v) is 12.0. The maximum atomic E-state index is 12.9. The molecule has 1 saturated heterocycles. The van der Waals surface area contributed by atoms with Crippen LogP contribution in [0, 0.1) is 0 Å². The van der Waals surface area contributed by atoms with Gasteiger partial charge in [-0.05, 0) is 57.9 Å². The average molecular weight is 531 g/mol. The third kappa shape index (κ3) is 5.13. The summed E-state index contributed by atoms with van der Waals surface area (Å²) in [5.41, 5.74) is 0.0593. The van der Waals surface area contributed by atoms with Crippen LogP contribution in [0.25, 0.3) is 28.5 Å². The minimum Gasteiger partial charge on any atom is -0.444 e. The van der Waals surface area contributed by atoms with Crippen molar-refractivity contribution in [3.8, 4) is 22.8 Å². The number of benzene rings is 1. The number of halogens is 3. The number of piperidine rings is 1. The monoisotopic (exact) mass is 530 g/mol. The van der Waals surface area contributed by atoms with Gasteiger partial charge in [0.05, 0.1) is 23.0 Å². The number of amides is 1. The fraction of sp³-hybridized carbons (Fsp3) is 0.400. The molecule has 0 saturated carbocycles. The van der Waals surface area contributed by atoms with Crippen LogP contribution in [0.4, 0.5) is 18.0 Å². The van der Waals surface area contributed by atoms with Crippen LogP contribution in [0.3, 0.4) is 0 Å². The molecule has 10 nitrogen and oxygen atoms in total. The summed E-state index contributed by atoms with van der Waals surface area (Å²) in [6, 6.07) is 5.86. The molecule has 1 N–H and O–H groups in total. The van der Waals surface area contributed by atoms with E-state index in [1.165, 1.54) is 24.4 Å². The Hall–Kier alpha value is -4.16. The Balaban J connectivity index is 1.38. The molecule has 1 amide bonds. The fourth-order valence-corrected chi connectivity index (χ4v) is 4.40. The van der Waals surface area contributed by atoms with Gasteiger partial charge in [0, 0.05) is 30.6 Å². The number of likely N-dealkylation sites (tertiary alicyclic amines) is 1. The molecule has 4 heterocycles. The van der Waals surface area contributed by atoms with Crippen LogP contribution >= 0.6 is 0 Å². The molecule has 3 aromatic heterocycles. The van der Waals surface area contributed by atoms with E-state index in [1.807, 2.05) is 20.8 Å². The Morgan fingerprint density at radius 1 is 1.13 bits per heavy atom. The molecule has 0 aliphatic carbocycles. The lowest BCUT2D eigenvalue weighted by Crippen LogP contribution is -2.41. The number of hydrogen-bond donors (Lipinski definition) is 1. The van der Waals surface area contributed by atoms with Crippen molar-refractivity contribution in [2.75, 3.05) is 13.1 Å². The van der Waals surface area contributed by atoms with Crippen molar-refractivity contribution < 1.29 is 27.2 Å². The van der Waals surface area contributed by atoms with E-state index in [-0.39, 0.29) is 29.3 Å². The molecule has 200 valence electrons. The maximum absolute atomic E-state index is 12.9. The summed E-state index contributed by atoms with van der Waals surface area (Å²) in [5, 5.41) is 8.37. The topological polar surface area (TPSA) is 119 Å². The fourth-order valence-electron chi connectivity index (χ4n) is 4.40. The van der Waals surface area contributed by atoms with Gasteiger partial charge < -0.3 is 19.1 Å². The van der Waals surface area contributed by atoms with E-state index in [2.05, 4.69) is 20.2 Å². The molecule has 1 aromatic carbocycles. The van der Waals surface area contributed by atoms with Gasteiger partial charge in [-0.1, -0.05) is 5.16 Å². The molecule has 0 radical (unpaired) electrons. The molecule has 1 aliphatic rings. The summed E-state index contributed by atoms with van der Waals surface area (Å²) in [5.74, 6) is 0.128. The Morgan fingerprint density at radius 3 is 2.45 bits per heavy atom. The van der Waals surface area contributed by atoms with Gasteiger partial charge in [0.25, 0.3) is 11.4 Å². The molecule has 1 aliphatic heterocycles. The molecular weight excluding hydrogens is 505 g/mol. The van der Waals surface area contributed by atoms with E-state index in [0.717, 1.165) is 12.1 Å². The molecule has 0 unspecified atom stereocenters. The highest BCUT2D eigenvalue weighted by atomic mass is 19.4. The van der Waals surface area contributed by atoms with E-state index in [1.54, 1.807) is 9.42 Å². The molecule has 0 atom stereocenters. The highest BCUT2D eigenvalue weighted by molar-refractivity contribution is 5.73. The number of ether oxygens (including phenoxy) is 1. The second kappa shape index (κ2) is 9.30. The number of carbonyl (C=O) groups is 1. The van der Waals surface area contributed by atoms with Crippen LogP contribution in [0.5, 0.6) is 0 Å². The zero-order valence-electron chi connectivity index (χ0n) is 20.9. The molecule has 38 heavy (non-hydrogen) atoms. The van der Waals surface area contributed by atoms with Crippen molar-refractivity contribution in [1.82, 2.24) is 29.6 Å². The maximum Gasteiger partial charge on any atom is 0.416 e. The molecule has 4 aromatic rings. The Morgan fingerprint density at radius 2 is 1.82 bits per heavy atom. The van der Waals surface area contributed by atoms with Gasteiger partial charge in [-0.25, -0.2) is 9.31 Å². The van der Waals surface area contributed by atoms with Crippen molar-refractivity contribution in [2.45, 2.75) is 51.3 Å². The first-order valence-electron chi connectivity index (χ1n) is 12.0. The van der Waals surface area contributed by atoms with Crippen molar-refractivity contribution in [3.63, 3.8) is 0 Å². The van der Waals surface area contributed by atoms with Gasteiger partial charge in [-0.15, -0.1) is 0 Å². The molecule has 5 rings (SSSR count). The quantitative estimate of drug-likeness (QED) is 0.401. The third-order valence-electron chi connectivity index (χ3n) is 6.23. The second-order valence-corrected chi connectivity index (χ2v) is 10.1. The first kappa shape index (κ1) is 25.5. The van der Waals surface area contributed by atoms with Crippen LogP contribution < -0.4 is 5.56 Å². The summed E-state index contributed by atoms with van der Waals surface area (Å²) in [6.07, 6.45) is -2.09. The van der Waals surface area contributed by atoms with Crippen LogP contribution in [0.1, 0.15) is 50.8 Å². The van der Waals surface area contributed by atoms with Gasteiger partial charge in [-0.3, -0.25) is 4.79 Å². The average Bonchev–Trinajstić information content (AvgIpc) is 3.49. The summed E-state index contributed by atoms with van der Waals surface area (Å²) >= 11 is 0. The van der Waals surface area contributed by atoms with Crippen molar-refractivity contribution in [1.29, 1.82) is 0 Å². The van der Waals surface area contributed by atoms with Crippen molar-refractivity contribution >= 4 is 11.7 Å². The predicted octanol–water partition coefficient (Wildman–Crippen LogP) is 4.87. The van der Waals surface area contributed by atoms with Gasteiger partial charge in [-0.2, -0.15) is 23.3 Å². The number of aromatic amines is 1. The minimum absolute atomic E-state index is 0.0285. The molecule has 1 fully saturated rings. The number of hydrogen-bond acceptors (Lipinski definition) is 7. The Kier molecular flexibility index (Phi) is 6.24. The number of rotatable bonds is 3. The molecule has 0 spiro atoms. The van der Waals surface area contributed by atoms with Crippen molar-refractivity contribution in [2.24, 2.45) is 0 Å². The Bertz CT molecular complexity index is 1520. The molecule has 0 bridgehead atoms. The largest absolute Gasteiger partial charge is 0.444 e. The summed E-state index contributed by atoms with van der Waals surface area (Å²) in [7, 11) is 0. The highest BCUT2D eigenvalue weighted by Gasteiger charge is 2.31. The lowest BCUT2D eigenvalue weighted by atomic mass is 9.93. The summed E-state index contributed by atoms with van der Waals surface area (Å²) in [6.45, 7) is 6.40. The smallest absolute Gasteiger partial charge is 0.416 e. The number of H-pyrrole nitrogens is 1. The zero-order chi connectivity index (χ0) is 27.2. The predicted molar refractivity (Wildman–Crippen MR) is 129 cm³/mol. The number of aromatic nitrogens is 5.